The van der Waals surface area contributed by atoms with E-state index in [2.05, 4.69) is 10.3 Å². The zero-order valence-electron chi connectivity index (χ0n) is 17.0. The number of thioether (sulfide) groups is 1. The number of hydrogen-bond acceptors (Lipinski definition) is 5. The highest BCUT2D eigenvalue weighted by atomic mass is 32.2. The molecule has 0 saturated carbocycles. The van der Waals surface area contributed by atoms with Gasteiger partial charge in [0.05, 0.1) is 11.1 Å². The zero-order chi connectivity index (χ0) is 21.0. The standard InChI is InChI=1S/C20H26N4O3S/c1-12(2)24(13(3)4)19(26)14-10-16(20(27)23(5)11-14)22-17(25)15-8-7-9-21-18(15)28-6/h7-13H,1-6H3,(H,22,25). The molecule has 150 valence electrons. The molecule has 0 aliphatic rings. The van der Waals surface area contributed by atoms with E-state index in [0.717, 1.165) is 0 Å². The van der Waals surface area contributed by atoms with Crippen LogP contribution in [0.5, 0.6) is 0 Å². The minimum absolute atomic E-state index is 0.00213. The summed E-state index contributed by atoms with van der Waals surface area (Å²) in [6.45, 7) is 7.76. The normalized spacial score (nSPS) is 11.0. The molecule has 0 bridgehead atoms. The molecular weight excluding hydrogens is 376 g/mol. The first-order valence-electron chi connectivity index (χ1n) is 9.01. The maximum absolute atomic E-state index is 13.0. The van der Waals surface area contributed by atoms with E-state index in [9.17, 15) is 14.4 Å². The van der Waals surface area contributed by atoms with Gasteiger partial charge in [-0.2, -0.15) is 0 Å². The summed E-state index contributed by atoms with van der Waals surface area (Å²) in [6, 6.07) is 4.75. The van der Waals surface area contributed by atoms with Crippen LogP contribution in [-0.2, 0) is 7.05 Å². The minimum atomic E-state index is -0.441. The van der Waals surface area contributed by atoms with Gasteiger partial charge in [-0.15, -0.1) is 11.8 Å². The average Bonchev–Trinajstić information content (AvgIpc) is 2.64. The van der Waals surface area contributed by atoms with Crippen LogP contribution in [0.15, 0.2) is 40.4 Å². The number of pyridine rings is 2. The monoisotopic (exact) mass is 402 g/mol. The Balaban J connectivity index is 2.42. The second kappa shape index (κ2) is 9.05. The van der Waals surface area contributed by atoms with Gasteiger partial charge >= 0.3 is 0 Å². The van der Waals surface area contributed by atoms with E-state index in [1.807, 2.05) is 34.0 Å². The predicted molar refractivity (Wildman–Crippen MR) is 112 cm³/mol. The second-order valence-corrected chi connectivity index (χ2v) is 7.77. The van der Waals surface area contributed by atoms with E-state index < -0.39 is 5.91 Å². The molecule has 0 unspecified atom stereocenters. The fourth-order valence-electron chi connectivity index (χ4n) is 3.05. The molecule has 0 aliphatic carbocycles. The molecule has 0 atom stereocenters. The number of carbonyl (C=O) groups excluding carboxylic acids is 2. The molecule has 7 nitrogen and oxygen atoms in total. The summed E-state index contributed by atoms with van der Waals surface area (Å²) in [4.78, 5) is 44.1. The number of rotatable bonds is 6. The van der Waals surface area contributed by atoms with Crippen LogP contribution >= 0.6 is 11.8 Å². The van der Waals surface area contributed by atoms with Gasteiger partial charge in [-0.05, 0) is 52.1 Å². The van der Waals surface area contributed by atoms with Crippen LogP contribution in [0.25, 0.3) is 0 Å². The third kappa shape index (κ3) is 4.62. The van der Waals surface area contributed by atoms with Gasteiger partial charge in [0, 0.05) is 31.5 Å². The van der Waals surface area contributed by atoms with Crippen LogP contribution in [0.2, 0.25) is 0 Å². The molecule has 2 rings (SSSR count). The van der Waals surface area contributed by atoms with Crippen LogP contribution in [0.3, 0.4) is 0 Å². The van der Waals surface area contributed by atoms with Crippen LogP contribution in [0, 0.1) is 0 Å². The quantitative estimate of drug-likeness (QED) is 0.751. The molecule has 0 aliphatic heterocycles. The van der Waals surface area contributed by atoms with Crippen molar-refractivity contribution in [2.24, 2.45) is 7.05 Å². The Kier molecular flexibility index (Phi) is 7.01. The fraction of sp³-hybridized carbons (Fsp3) is 0.400. The van der Waals surface area contributed by atoms with E-state index in [4.69, 9.17) is 0 Å². The number of aromatic nitrogens is 2. The number of nitrogens with zero attached hydrogens (tertiary/aromatic N) is 3. The maximum atomic E-state index is 13.0. The van der Waals surface area contributed by atoms with Crippen molar-refractivity contribution in [1.29, 1.82) is 0 Å². The van der Waals surface area contributed by atoms with Crippen molar-refractivity contribution >= 4 is 29.3 Å². The molecule has 1 N–H and O–H groups in total. The van der Waals surface area contributed by atoms with E-state index in [-0.39, 0.29) is 29.2 Å². The van der Waals surface area contributed by atoms with Crippen LogP contribution in [0.4, 0.5) is 5.69 Å². The summed E-state index contributed by atoms with van der Waals surface area (Å²) in [5.41, 5.74) is 0.387. The Morgan fingerprint density at radius 2 is 1.86 bits per heavy atom. The first-order valence-corrected chi connectivity index (χ1v) is 10.2. The lowest BCUT2D eigenvalue weighted by atomic mass is 10.1. The lowest BCUT2D eigenvalue weighted by Crippen LogP contribution is -2.42. The molecule has 8 heteroatoms. The third-order valence-electron chi connectivity index (χ3n) is 4.23. The lowest BCUT2D eigenvalue weighted by Gasteiger charge is -2.31. The van der Waals surface area contributed by atoms with Gasteiger partial charge in [0.25, 0.3) is 17.4 Å². The smallest absolute Gasteiger partial charge is 0.274 e. The molecular formula is C20H26N4O3S. The van der Waals surface area contributed by atoms with Crippen LogP contribution in [-0.4, -0.2) is 44.6 Å². The summed E-state index contributed by atoms with van der Waals surface area (Å²) in [5.74, 6) is -0.633. The van der Waals surface area contributed by atoms with Crippen LogP contribution in [0.1, 0.15) is 48.4 Å². The first kappa shape index (κ1) is 21.7. The van der Waals surface area contributed by atoms with Gasteiger partial charge in [-0.25, -0.2) is 4.98 Å². The number of aryl methyl sites for hydroxylation is 1. The molecule has 2 heterocycles. The minimum Gasteiger partial charge on any atom is -0.334 e. The van der Waals surface area contributed by atoms with E-state index in [1.165, 1.54) is 28.6 Å². The lowest BCUT2D eigenvalue weighted by molar-refractivity contribution is 0.0642. The molecule has 0 radical (unpaired) electrons. The first-order chi connectivity index (χ1) is 13.2. The highest BCUT2D eigenvalue weighted by Gasteiger charge is 2.23. The van der Waals surface area contributed by atoms with Crippen molar-refractivity contribution in [2.75, 3.05) is 11.6 Å². The Labute approximate surface area is 169 Å². The van der Waals surface area contributed by atoms with E-state index in [1.54, 1.807) is 30.3 Å². The van der Waals surface area contributed by atoms with Gasteiger partial charge in [0.1, 0.15) is 10.7 Å². The third-order valence-corrected chi connectivity index (χ3v) is 4.95. The van der Waals surface area contributed by atoms with Crippen LogP contribution < -0.4 is 10.9 Å². The Morgan fingerprint density at radius 3 is 2.43 bits per heavy atom. The number of nitrogens with one attached hydrogen (secondary N) is 1. The number of anilines is 1. The number of hydrogen-bond donors (Lipinski definition) is 1. The maximum Gasteiger partial charge on any atom is 0.274 e. The Bertz CT molecular complexity index is 929. The summed E-state index contributed by atoms with van der Waals surface area (Å²) in [7, 11) is 1.56. The van der Waals surface area contributed by atoms with Gasteiger partial charge in [-0.3, -0.25) is 14.4 Å². The molecule has 0 fully saturated rings. The molecule has 28 heavy (non-hydrogen) atoms. The van der Waals surface area contributed by atoms with Crippen molar-refractivity contribution in [3.05, 3.63) is 52.1 Å². The largest absolute Gasteiger partial charge is 0.334 e. The average molecular weight is 403 g/mol. The van der Waals surface area contributed by atoms with Gasteiger partial charge < -0.3 is 14.8 Å². The molecule has 2 aromatic rings. The molecule has 0 spiro atoms. The van der Waals surface area contributed by atoms with Crippen molar-refractivity contribution in [2.45, 2.75) is 44.8 Å². The predicted octanol–water partition coefficient (Wildman–Crippen LogP) is 3.01. The van der Waals surface area contributed by atoms with E-state index >= 15 is 0 Å². The highest BCUT2D eigenvalue weighted by molar-refractivity contribution is 7.98. The highest BCUT2D eigenvalue weighted by Crippen LogP contribution is 2.19. The Hall–Kier alpha value is -2.61. The number of carbonyl (C=O) groups is 2. The number of amides is 2. The van der Waals surface area contributed by atoms with Crippen molar-refractivity contribution in [3.8, 4) is 0 Å². The summed E-state index contributed by atoms with van der Waals surface area (Å²) in [6.07, 6.45) is 4.92. The Morgan fingerprint density at radius 1 is 1.21 bits per heavy atom. The zero-order valence-corrected chi connectivity index (χ0v) is 17.8. The van der Waals surface area contributed by atoms with Gasteiger partial charge in [-0.1, -0.05) is 0 Å². The van der Waals surface area contributed by atoms with Crippen molar-refractivity contribution < 1.29 is 9.59 Å². The summed E-state index contributed by atoms with van der Waals surface area (Å²) >= 11 is 1.34. The fourth-order valence-corrected chi connectivity index (χ4v) is 3.60. The molecule has 0 aromatic carbocycles. The van der Waals surface area contributed by atoms with Crippen molar-refractivity contribution in [3.63, 3.8) is 0 Å². The van der Waals surface area contributed by atoms with E-state index in [0.29, 0.717) is 16.2 Å². The second-order valence-electron chi connectivity index (χ2n) is 6.97. The topological polar surface area (TPSA) is 84.3 Å². The molecule has 0 saturated heterocycles. The van der Waals surface area contributed by atoms with Gasteiger partial charge in [0.2, 0.25) is 0 Å². The van der Waals surface area contributed by atoms with Crippen molar-refractivity contribution in [1.82, 2.24) is 14.5 Å². The summed E-state index contributed by atoms with van der Waals surface area (Å²) < 4.78 is 1.31. The van der Waals surface area contributed by atoms with Gasteiger partial charge in [0.15, 0.2) is 0 Å². The SMILES string of the molecule is CSc1ncccc1C(=O)Nc1cc(C(=O)N(C(C)C)C(C)C)cn(C)c1=O. The summed E-state index contributed by atoms with van der Waals surface area (Å²) in [5, 5.41) is 3.20. The molecule has 2 amide bonds. The molecule has 2 aromatic heterocycles.